The Kier molecular flexibility index (Phi) is 10.1. The van der Waals surface area contributed by atoms with E-state index in [0.29, 0.717) is 6.42 Å². The van der Waals surface area contributed by atoms with E-state index in [1.54, 1.807) is 13.0 Å². The van der Waals surface area contributed by atoms with E-state index in [-0.39, 0.29) is 24.4 Å². The fourth-order valence-corrected chi connectivity index (χ4v) is 2.45. The first-order chi connectivity index (χ1) is 11.1. The van der Waals surface area contributed by atoms with Crippen molar-refractivity contribution in [2.45, 2.75) is 52.1 Å². The normalized spacial score (nSPS) is 22.5. The third-order valence-corrected chi connectivity index (χ3v) is 3.89. The molecule has 0 aromatic rings. The zero-order valence-electron chi connectivity index (χ0n) is 14.2. The van der Waals surface area contributed by atoms with E-state index in [9.17, 15) is 4.79 Å². The summed E-state index contributed by atoms with van der Waals surface area (Å²) in [5.41, 5.74) is 0. The van der Waals surface area contributed by atoms with Gasteiger partial charge in [0, 0.05) is 5.92 Å². The van der Waals surface area contributed by atoms with Crippen molar-refractivity contribution >= 4 is 5.97 Å². The first kappa shape index (κ1) is 20.1. The van der Waals surface area contributed by atoms with Crippen molar-refractivity contribution in [3.63, 3.8) is 0 Å². The molecule has 2 fully saturated rings. The van der Waals surface area contributed by atoms with E-state index in [2.05, 4.69) is 6.58 Å². The molecule has 2 rings (SSSR count). The summed E-state index contributed by atoms with van der Waals surface area (Å²) in [6.45, 7) is 10.4. The summed E-state index contributed by atoms with van der Waals surface area (Å²) in [6.07, 6.45) is 4.76. The van der Waals surface area contributed by atoms with E-state index < -0.39 is 5.97 Å². The fraction of sp³-hybridized carbons (Fsp3) is 0.824. The molecule has 0 aromatic heterocycles. The van der Waals surface area contributed by atoms with Crippen LogP contribution < -0.4 is 0 Å². The molecular weight excluding hydrogens is 300 g/mol. The quantitative estimate of drug-likeness (QED) is 0.755. The van der Waals surface area contributed by atoms with Crippen LogP contribution in [0.15, 0.2) is 12.7 Å². The molecule has 0 saturated carbocycles. The van der Waals surface area contributed by atoms with Gasteiger partial charge >= 0.3 is 5.97 Å². The molecule has 2 aliphatic rings. The fourth-order valence-electron chi connectivity index (χ4n) is 2.45. The van der Waals surface area contributed by atoms with E-state index >= 15 is 0 Å². The van der Waals surface area contributed by atoms with Crippen molar-refractivity contribution in [1.82, 2.24) is 0 Å². The SMILES string of the molecule is C=CC1OCCCO1.CCC(CC(C)C(=O)O)C1OCCCO1. The molecule has 2 heterocycles. The van der Waals surface area contributed by atoms with Crippen LogP contribution in [0.3, 0.4) is 0 Å². The number of rotatable bonds is 6. The van der Waals surface area contributed by atoms with Gasteiger partial charge in [-0.3, -0.25) is 4.79 Å². The second kappa shape index (κ2) is 11.6. The number of aliphatic carboxylic acids is 1. The molecule has 6 nitrogen and oxygen atoms in total. The van der Waals surface area contributed by atoms with Gasteiger partial charge in [-0.05, 0) is 31.8 Å². The minimum atomic E-state index is -0.746. The summed E-state index contributed by atoms with van der Waals surface area (Å²) in [5.74, 6) is -0.885. The Morgan fingerprint density at radius 1 is 1.17 bits per heavy atom. The van der Waals surface area contributed by atoms with Crippen LogP contribution in [0.4, 0.5) is 0 Å². The van der Waals surface area contributed by atoms with Gasteiger partial charge in [-0.15, -0.1) is 0 Å². The minimum absolute atomic E-state index is 0.149. The van der Waals surface area contributed by atoms with Crippen molar-refractivity contribution < 1.29 is 28.8 Å². The van der Waals surface area contributed by atoms with Gasteiger partial charge < -0.3 is 24.1 Å². The van der Waals surface area contributed by atoms with Crippen molar-refractivity contribution in [3.05, 3.63) is 12.7 Å². The number of ether oxygens (including phenoxy) is 4. The minimum Gasteiger partial charge on any atom is -0.481 e. The monoisotopic (exact) mass is 330 g/mol. The predicted octanol–water partition coefficient (Wildman–Crippen LogP) is 2.82. The number of carboxylic acids is 1. The molecule has 2 unspecified atom stereocenters. The molecule has 0 spiro atoms. The van der Waals surface area contributed by atoms with Crippen LogP contribution >= 0.6 is 0 Å². The van der Waals surface area contributed by atoms with Crippen LogP contribution in [0.25, 0.3) is 0 Å². The lowest BCUT2D eigenvalue weighted by atomic mass is 9.93. The smallest absolute Gasteiger partial charge is 0.306 e. The van der Waals surface area contributed by atoms with Gasteiger partial charge in [-0.2, -0.15) is 0 Å². The average molecular weight is 330 g/mol. The maximum Gasteiger partial charge on any atom is 0.306 e. The summed E-state index contributed by atoms with van der Waals surface area (Å²) in [4.78, 5) is 10.8. The molecule has 0 bridgehead atoms. The Morgan fingerprint density at radius 2 is 1.70 bits per heavy atom. The van der Waals surface area contributed by atoms with Crippen LogP contribution in [0, 0.1) is 11.8 Å². The molecule has 134 valence electrons. The molecule has 0 aromatic carbocycles. The van der Waals surface area contributed by atoms with Crippen LogP contribution in [-0.4, -0.2) is 50.1 Å². The topological polar surface area (TPSA) is 74.2 Å². The van der Waals surface area contributed by atoms with E-state index in [1.165, 1.54) is 0 Å². The third kappa shape index (κ3) is 7.92. The molecule has 2 atom stereocenters. The molecule has 6 heteroatoms. The van der Waals surface area contributed by atoms with Gasteiger partial charge in [-0.25, -0.2) is 0 Å². The highest BCUT2D eigenvalue weighted by Gasteiger charge is 2.27. The van der Waals surface area contributed by atoms with Crippen molar-refractivity contribution in [2.24, 2.45) is 11.8 Å². The first-order valence-corrected chi connectivity index (χ1v) is 8.40. The highest BCUT2D eigenvalue weighted by molar-refractivity contribution is 5.69. The molecule has 0 amide bonds. The van der Waals surface area contributed by atoms with Gasteiger partial charge in [-0.1, -0.05) is 20.4 Å². The van der Waals surface area contributed by atoms with Crippen molar-refractivity contribution in [2.75, 3.05) is 26.4 Å². The van der Waals surface area contributed by atoms with Crippen molar-refractivity contribution in [1.29, 1.82) is 0 Å². The number of hydrogen-bond acceptors (Lipinski definition) is 5. The Balaban J connectivity index is 0.000000277. The van der Waals surface area contributed by atoms with Gasteiger partial charge in [0.1, 0.15) is 0 Å². The molecule has 0 aliphatic carbocycles. The van der Waals surface area contributed by atoms with Crippen molar-refractivity contribution in [3.8, 4) is 0 Å². The Labute approximate surface area is 138 Å². The van der Waals surface area contributed by atoms with E-state index in [0.717, 1.165) is 45.7 Å². The molecular formula is C17H30O6. The van der Waals surface area contributed by atoms with E-state index in [4.69, 9.17) is 24.1 Å². The summed E-state index contributed by atoms with van der Waals surface area (Å²) >= 11 is 0. The van der Waals surface area contributed by atoms with E-state index in [1.807, 2.05) is 6.92 Å². The summed E-state index contributed by atoms with van der Waals surface area (Å²) in [6, 6.07) is 0. The Bertz CT molecular complexity index is 334. The maximum atomic E-state index is 10.8. The van der Waals surface area contributed by atoms with Crippen LogP contribution in [0.1, 0.15) is 39.5 Å². The Hall–Kier alpha value is -0.950. The molecule has 2 aliphatic heterocycles. The standard InChI is InChI=1S/C11H20O4.C6H10O2/c1-3-9(7-8(2)10(12)13)11-14-5-4-6-15-11;1-2-6-7-4-3-5-8-6/h8-9,11H,3-7H2,1-2H3,(H,12,13);2,6H,1,3-5H2. The van der Waals surface area contributed by atoms with Gasteiger partial charge in [0.2, 0.25) is 0 Å². The average Bonchev–Trinajstić information content (AvgIpc) is 2.61. The molecule has 0 radical (unpaired) electrons. The first-order valence-electron chi connectivity index (χ1n) is 8.40. The summed E-state index contributed by atoms with van der Waals surface area (Å²) < 4.78 is 21.2. The summed E-state index contributed by atoms with van der Waals surface area (Å²) in [5, 5.41) is 8.84. The second-order valence-electron chi connectivity index (χ2n) is 5.81. The molecule has 1 N–H and O–H groups in total. The van der Waals surface area contributed by atoms with Gasteiger partial charge in [0.25, 0.3) is 0 Å². The highest BCUT2D eigenvalue weighted by Crippen LogP contribution is 2.24. The predicted molar refractivity (Wildman–Crippen MR) is 86.0 cm³/mol. The lowest BCUT2D eigenvalue weighted by Crippen LogP contribution is -2.33. The highest BCUT2D eigenvalue weighted by atomic mass is 16.7. The second-order valence-corrected chi connectivity index (χ2v) is 5.81. The lowest BCUT2D eigenvalue weighted by Gasteiger charge is -2.30. The number of hydrogen-bond donors (Lipinski definition) is 1. The Morgan fingerprint density at radius 3 is 2.09 bits per heavy atom. The summed E-state index contributed by atoms with van der Waals surface area (Å²) in [7, 11) is 0. The number of carbonyl (C=O) groups is 1. The van der Waals surface area contributed by atoms with Crippen LogP contribution in [-0.2, 0) is 23.7 Å². The molecule has 23 heavy (non-hydrogen) atoms. The lowest BCUT2D eigenvalue weighted by molar-refractivity contribution is -0.208. The van der Waals surface area contributed by atoms with Crippen LogP contribution in [0.5, 0.6) is 0 Å². The van der Waals surface area contributed by atoms with Crippen LogP contribution in [0.2, 0.25) is 0 Å². The largest absolute Gasteiger partial charge is 0.481 e. The zero-order chi connectivity index (χ0) is 17.1. The maximum absolute atomic E-state index is 10.8. The number of carboxylic acid groups (broad SMARTS) is 1. The van der Waals surface area contributed by atoms with Gasteiger partial charge in [0.05, 0.1) is 32.3 Å². The molecule has 2 saturated heterocycles. The zero-order valence-corrected chi connectivity index (χ0v) is 14.2. The van der Waals surface area contributed by atoms with Gasteiger partial charge in [0.15, 0.2) is 12.6 Å². The third-order valence-electron chi connectivity index (χ3n) is 3.89.